The average Bonchev–Trinajstić information content (AvgIpc) is 3.95. The van der Waals surface area contributed by atoms with E-state index >= 15 is 4.79 Å². The average molecular weight is 971 g/mol. The molecular weight excluding hydrogens is 892 g/mol. The molecule has 17 nitrogen and oxygen atoms in total. The molecule has 0 bridgehead atoms. The molecule has 4 unspecified atom stereocenters. The van der Waals surface area contributed by atoms with E-state index in [0.29, 0.717) is 78.3 Å². The lowest BCUT2D eigenvalue weighted by atomic mass is 9.56. The van der Waals surface area contributed by atoms with Gasteiger partial charge in [-0.25, -0.2) is 4.67 Å². The smallest absolute Gasteiger partial charge is 0.259 e. The Morgan fingerprint density at radius 3 is 1.60 bits per heavy atom. The number of carbonyl (C=O) groups is 4. The summed E-state index contributed by atoms with van der Waals surface area (Å²) < 4.78 is 42.9. The summed E-state index contributed by atoms with van der Waals surface area (Å²) in [5.41, 5.74) is -2.81. The number of unbranched alkanes of at least 4 members (excludes halogenated alkanes) is 2. The highest BCUT2D eigenvalue weighted by molar-refractivity contribution is 7.44. The van der Waals surface area contributed by atoms with Crippen molar-refractivity contribution >= 4 is 32.2 Å². The quantitative estimate of drug-likeness (QED) is 0.0375. The van der Waals surface area contributed by atoms with Crippen LogP contribution in [-0.4, -0.2) is 144 Å². The van der Waals surface area contributed by atoms with Gasteiger partial charge in [-0.15, -0.1) is 25.2 Å². The molecule has 4 N–H and O–H groups in total. The fraction of sp³-hybridized carbons (Fsp3) is 0.780. The maximum atomic E-state index is 15.2. The topological polar surface area (TPSA) is 208 Å². The highest BCUT2D eigenvalue weighted by Gasteiger charge is 2.87. The third-order valence-corrected chi connectivity index (χ3v) is 15.3. The zero-order valence-corrected chi connectivity index (χ0v) is 42.1. The van der Waals surface area contributed by atoms with Crippen molar-refractivity contribution in [2.24, 2.45) is 10.8 Å². The third kappa shape index (κ3) is 18.2. The first-order valence-corrected chi connectivity index (χ1v) is 25.5. The number of terminal acetylenes is 3. The number of amides is 4. The van der Waals surface area contributed by atoms with Crippen molar-refractivity contribution in [3.8, 4) is 43.1 Å². The second kappa shape index (κ2) is 31.4. The molecule has 3 fully saturated rings. The van der Waals surface area contributed by atoms with Gasteiger partial charge in [0.2, 0.25) is 23.6 Å². The van der Waals surface area contributed by atoms with Gasteiger partial charge in [0, 0.05) is 75.0 Å². The minimum absolute atomic E-state index is 0.0215. The van der Waals surface area contributed by atoms with Crippen molar-refractivity contribution in [3.63, 3.8) is 0 Å². The van der Waals surface area contributed by atoms with Crippen LogP contribution in [0.25, 0.3) is 0 Å². The maximum Gasteiger partial charge on any atom is 0.259 e. The highest BCUT2D eigenvalue weighted by atomic mass is 31.2. The molecule has 3 rings (SSSR count). The van der Waals surface area contributed by atoms with Crippen molar-refractivity contribution in [1.82, 2.24) is 25.9 Å². The van der Waals surface area contributed by atoms with Gasteiger partial charge in [-0.1, -0.05) is 11.8 Å². The molecule has 3 aliphatic carbocycles. The molecule has 1 spiro atoms. The molecule has 3 aliphatic rings. The van der Waals surface area contributed by atoms with Crippen molar-refractivity contribution in [2.45, 2.75) is 147 Å². The van der Waals surface area contributed by atoms with Crippen molar-refractivity contribution in [1.29, 1.82) is 5.26 Å². The number of nitrogens with one attached hydrogen (secondary N) is 4. The lowest BCUT2D eigenvalue weighted by Crippen LogP contribution is -2.60. The molecule has 0 aromatic rings. The molecule has 18 heteroatoms. The van der Waals surface area contributed by atoms with Gasteiger partial charge in [-0.2, -0.15) is 5.26 Å². The third-order valence-electron chi connectivity index (χ3n) is 13.1. The van der Waals surface area contributed by atoms with E-state index < -0.39 is 30.5 Å². The lowest BCUT2D eigenvalue weighted by Gasteiger charge is -2.49. The Bertz CT molecular complexity index is 1620. The number of hydrogen-bond donors (Lipinski definition) is 4. The SMILES string of the molecule is C#CCCCCOCCNC(=O)CCC(CCC(=O)NCCOCCOCC#C)(CCC(=O)NCCOCCOCC#C)NC(=O)C12CCC3(OP(OCCC#N)N(C(C)C)C(C)C)CC31CC2. The number of nitriles is 1. The molecular formula is C50H79N6O11P. The largest absolute Gasteiger partial charge is 0.380 e. The summed E-state index contributed by atoms with van der Waals surface area (Å²) in [7, 11) is -1.54. The van der Waals surface area contributed by atoms with E-state index in [1.54, 1.807) is 0 Å². The number of hydrogen-bond acceptors (Lipinski definition) is 13. The molecule has 68 heavy (non-hydrogen) atoms. The van der Waals surface area contributed by atoms with Crippen LogP contribution in [0.3, 0.4) is 0 Å². The van der Waals surface area contributed by atoms with E-state index in [1.165, 1.54) is 0 Å². The Morgan fingerprint density at radius 1 is 0.647 bits per heavy atom. The zero-order chi connectivity index (χ0) is 49.7. The molecule has 0 aromatic heterocycles. The van der Waals surface area contributed by atoms with Crippen LogP contribution in [0.15, 0.2) is 0 Å². The summed E-state index contributed by atoms with van der Waals surface area (Å²) >= 11 is 0. The van der Waals surface area contributed by atoms with Gasteiger partial charge in [-0.05, 0) is 91.9 Å². The molecule has 0 aromatic carbocycles. The first-order valence-electron chi connectivity index (χ1n) is 24.4. The number of carbonyl (C=O) groups excluding carboxylic acids is 4. The van der Waals surface area contributed by atoms with E-state index in [0.717, 1.165) is 19.3 Å². The van der Waals surface area contributed by atoms with E-state index in [1.807, 2.05) is 0 Å². The second-order valence-electron chi connectivity index (χ2n) is 18.3. The fourth-order valence-corrected chi connectivity index (χ4v) is 11.4. The fourth-order valence-electron chi connectivity index (χ4n) is 9.51. The van der Waals surface area contributed by atoms with Crippen LogP contribution in [0.4, 0.5) is 0 Å². The number of ether oxygens (including phenoxy) is 5. The first-order chi connectivity index (χ1) is 32.8. The van der Waals surface area contributed by atoms with Crippen LogP contribution in [0.1, 0.15) is 124 Å². The summed E-state index contributed by atoms with van der Waals surface area (Å²) in [4.78, 5) is 55.5. The van der Waals surface area contributed by atoms with E-state index in [4.69, 9.17) is 52.0 Å². The van der Waals surface area contributed by atoms with Gasteiger partial charge in [0.15, 0.2) is 0 Å². The Morgan fingerprint density at radius 2 is 1.15 bits per heavy atom. The van der Waals surface area contributed by atoms with Crippen LogP contribution in [0.2, 0.25) is 0 Å². The Kier molecular flexibility index (Phi) is 27.0. The standard InChI is InChI=1S/C50H79N6O11P/c1-8-11-12-13-31-63-33-26-52-43(57)15-18-47(19-16-44(58)53-27-34-64-38-36-61-29-9-2,20-17-45(59)54-28-35-65-39-37-62-30-10-3)55-46(60)48-21-23-49(48)40-50(49,24-22-48)67-68(66-32-14-25-51)56(41(4)5)42(6)7/h1-3,41-42H,11-24,26-40H2,4-7H3,(H,52,57)(H,53,58)(H,54,59)(H,55,60). The van der Waals surface area contributed by atoms with Crippen molar-refractivity contribution in [3.05, 3.63) is 0 Å². The molecule has 4 atom stereocenters. The van der Waals surface area contributed by atoms with Crippen LogP contribution in [-0.2, 0) is 51.9 Å². The number of rotatable bonds is 40. The van der Waals surface area contributed by atoms with E-state index in [9.17, 15) is 19.6 Å². The molecule has 4 amide bonds. The normalized spacial score (nSPS) is 20.5. The highest BCUT2D eigenvalue weighted by Crippen LogP contribution is 2.87. The Balaban J connectivity index is 1.83. The molecule has 0 radical (unpaired) electrons. The maximum absolute atomic E-state index is 15.2. The second-order valence-corrected chi connectivity index (χ2v) is 19.6. The van der Waals surface area contributed by atoms with Gasteiger partial charge >= 0.3 is 0 Å². The molecule has 3 saturated carbocycles. The van der Waals surface area contributed by atoms with Gasteiger partial charge in [0.1, 0.15) is 13.2 Å². The summed E-state index contributed by atoms with van der Waals surface area (Å²) in [6.45, 7) is 12.5. The van der Waals surface area contributed by atoms with E-state index in [2.05, 4.69) is 77.5 Å². The molecule has 380 valence electrons. The van der Waals surface area contributed by atoms with Crippen LogP contribution in [0.5, 0.6) is 0 Å². The van der Waals surface area contributed by atoms with E-state index in [-0.39, 0.29) is 127 Å². The van der Waals surface area contributed by atoms with Crippen LogP contribution in [0, 0.1) is 59.2 Å². The minimum atomic E-state index is -1.54. The number of nitrogens with zero attached hydrogens (tertiary/aromatic N) is 2. The summed E-state index contributed by atoms with van der Waals surface area (Å²) in [5.74, 6) is 6.51. The first kappa shape index (κ1) is 58.5. The molecule has 0 aliphatic heterocycles. The van der Waals surface area contributed by atoms with Gasteiger partial charge < -0.3 is 54.0 Å². The predicted molar refractivity (Wildman–Crippen MR) is 259 cm³/mol. The Hall–Kier alpha value is -3.84. The predicted octanol–water partition coefficient (Wildman–Crippen LogP) is 4.68. The van der Waals surface area contributed by atoms with Crippen LogP contribution >= 0.6 is 8.53 Å². The molecule has 0 heterocycles. The van der Waals surface area contributed by atoms with Crippen molar-refractivity contribution < 1.29 is 51.9 Å². The Labute approximate surface area is 407 Å². The minimum Gasteiger partial charge on any atom is -0.380 e. The monoisotopic (exact) mass is 971 g/mol. The molecule has 0 saturated heterocycles. The van der Waals surface area contributed by atoms with Crippen LogP contribution < -0.4 is 21.3 Å². The van der Waals surface area contributed by atoms with Gasteiger partial charge in [0.25, 0.3) is 8.53 Å². The summed E-state index contributed by atoms with van der Waals surface area (Å²) in [6, 6.07) is 2.40. The lowest BCUT2D eigenvalue weighted by molar-refractivity contribution is -0.148. The van der Waals surface area contributed by atoms with Gasteiger partial charge in [-0.3, -0.25) is 19.2 Å². The summed E-state index contributed by atoms with van der Waals surface area (Å²) in [6.07, 6.45) is 22.5. The van der Waals surface area contributed by atoms with Gasteiger partial charge in [0.05, 0.1) is 76.4 Å². The van der Waals surface area contributed by atoms with Crippen molar-refractivity contribution in [2.75, 3.05) is 92.3 Å². The zero-order valence-electron chi connectivity index (χ0n) is 41.2. The summed E-state index contributed by atoms with van der Waals surface area (Å²) in [5, 5.41) is 21.5.